The number of aliphatic hydroxyl groups excluding tert-OH is 1. The molecule has 0 amide bonds. The van der Waals surface area contributed by atoms with Gasteiger partial charge in [-0.25, -0.2) is 0 Å². The number of hydrogen-bond acceptors (Lipinski definition) is 3. The molecule has 96 valence electrons. The van der Waals surface area contributed by atoms with Crippen LogP contribution in [0.2, 0.25) is 0 Å². The molecule has 16 heavy (non-hydrogen) atoms. The first-order valence-corrected chi connectivity index (χ1v) is 6.50. The molecule has 1 unspecified atom stereocenters. The first-order chi connectivity index (χ1) is 7.40. The van der Waals surface area contributed by atoms with Crippen LogP contribution in [0.1, 0.15) is 53.4 Å². The predicted molar refractivity (Wildman–Crippen MR) is 66.6 cm³/mol. The Hall–Kier alpha value is -0.120. The molecule has 1 rings (SSSR count). The lowest BCUT2D eigenvalue weighted by molar-refractivity contribution is -0.103. The Morgan fingerprint density at radius 1 is 1.38 bits per heavy atom. The van der Waals surface area contributed by atoms with Gasteiger partial charge in [-0.2, -0.15) is 0 Å². The van der Waals surface area contributed by atoms with Crippen LogP contribution in [0.25, 0.3) is 0 Å². The number of ether oxygens (including phenoxy) is 1. The zero-order valence-electron chi connectivity index (χ0n) is 11.1. The molecular formula is C13H27NO2. The van der Waals surface area contributed by atoms with Gasteiger partial charge < -0.3 is 15.2 Å². The minimum atomic E-state index is -0.187. The van der Waals surface area contributed by atoms with Crippen molar-refractivity contribution < 1.29 is 9.84 Å². The molecule has 1 saturated carbocycles. The van der Waals surface area contributed by atoms with E-state index < -0.39 is 0 Å². The highest BCUT2D eigenvalue weighted by molar-refractivity contribution is 4.88. The molecule has 0 aromatic carbocycles. The van der Waals surface area contributed by atoms with E-state index in [0.717, 1.165) is 32.2 Å². The molecule has 0 aromatic heterocycles. The van der Waals surface area contributed by atoms with Gasteiger partial charge in [0.05, 0.1) is 17.8 Å². The van der Waals surface area contributed by atoms with Gasteiger partial charge in [0.25, 0.3) is 0 Å². The average Bonchev–Trinajstić information content (AvgIpc) is 2.07. The lowest BCUT2D eigenvalue weighted by Crippen LogP contribution is -2.49. The zero-order chi connectivity index (χ0) is 12.2. The quantitative estimate of drug-likeness (QED) is 0.733. The van der Waals surface area contributed by atoms with Crippen molar-refractivity contribution in [3.8, 4) is 0 Å². The van der Waals surface area contributed by atoms with Crippen LogP contribution < -0.4 is 5.32 Å². The van der Waals surface area contributed by atoms with Gasteiger partial charge in [-0.15, -0.1) is 0 Å². The highest BCUT2D eigenvalue weighted by Gasteiger charge is 2.32. The molecule has 0 spiro atoms. The molecule has 1 aliphatic rings. The van der Waals surface area contributed by atoms with Crippen LogP contribution in [0.5, 0.6) is 0 Å². The lowest BCUT2D eigenvalue weighted by atomic mass is 9.88. The summed E-state index contributed by atoms with van der Waals surface area (Å²) in [5, 5.41) is 13.0. The van der Waals surface area contributed by atoms with Crippen LogP contribution in [0.3, 0.4) is 0 Å². The molecule has 1 atom stereocenters. The first-order valence-electron chi connectivity index (χ1n) is 6.50. The smallest absolute Gasteiger partial charge is 0.0664 e. The highest BCUT2D eigenvalue weighted by atomic mass is 16.5. The second-order valence-corrected chi connectivity index (χ2v) is 5.87. The van der Waals surface area contributed by atoms with E-state index in [1.165, 1.54) is 0 Å². The highest BCUT2D eigenvalue weighted by Crippen LogP contribution is 2.27. The van der Waals surface area contributed by atoms with Crippen molar-refractivity contribution in [3.63, 3.8) is 0 Å². The van der Waals surface area contributed by atoms with Crippen molar-refractivity contribution in [2.24, 2.45) is 0 Å². The molecule has 0 heterocycles. The number of rotatable bonds is 6. The Bertz CT molecular complexity index is 195. The van der Waals surface area contributed by atoms with E-state index in [0.29, 0.717) is 12.1 Å². The second kappa shape index (κ2) is 5.99. The molecular weight excluding hydrogens is 202 g/mol. The molecule has 3 heteroatoms. The fraction of sp³-hybridized carbons (Fsp3) is 1.00. The topological polar surface area (TPSA) is 41.5 Å². The van der Waals surface area contributed by atoms with Gasteiger partial charge >= 0.3 is 0 Å². The Morgan fingerprint density at radius 2 is 2.00 bits per heavy atom. The third kappa shape index (κ3) is 5.28. The second-order valence-electron chi connectivity index (χ2n) is 5.87. The summed E-state index contributed by atoms with van der Waals surface area (Å²) >= 11 is 0. The summed E-state index contributed by atoms with van der Waals surface area (Å²) < 4.78 is 5.86. The standard InChI is InChI=1S/C13H27NO2/c1-5-6-11(15)9-14-10-7-12(8-10)16-13(2,3)4/h10-12,14-15H,5-9H2,1-4H3. The summed E-state index contributed by atoms with van der Waals surface area (Å²) in [7, 11) is 0. The summed E-state index contributed by atoms with van der Waals surface area (Å²) in [5.41, 5.74) is -0.0304. The number of aliphatic hydroxyl groups is 1. The predicted octanol–water partition coefficient (Wildman–Crippen LogP) is 2.08. The minimum Gasteiger partial charge on any atom is -0.392 e. The van der Waals surface area contributed by atoms with Crippen molar-refractivity contribution in [1.29, 1.82) is 0 Å². The molecule has 0 aliphatic heterocycles. The van der Waals surface area contributed by atoms with Crippen LogP contribution >= 0.6 is 0 Å². The fourth-order valence-electron chi connectivity index (χ4n) is 2.07. The largest absolute Gasteiger partial charge is 0.392 e. The van der Waals surface area contributed by atoms with Crippen molar-refractivity contribution in [2.75, 3.05) is 6.54 Å². The van der Waals surface area contributed by atoms with Gasteiger partial charge in [0.15, 0.2) is 0 Å². The molecule has 2 N–H and O–H groups in total. The summed E-state index contributed by atoms with van der Waals surface area (Å²) in [5.74, 6) is 0. The Morgan fingerprint density at radius 3 is 2.50 bits per heavy atom. The van der Waals surface area contributed by atoms with E-state index in [4.69, 9.17) is 4.74 Å². The van der Waals surface area contributed by atoms with E-state index in [2.05, 4.69) is 33.0 Å². The van der Waals surface area contributed by atoms with Gasteiger partial charge in [-0.05, 0) is 40.0 Å². The summed E-state index contributed by atoms with van der Waals surface area (Å²) in [6.07, 6.45) is 4.31. The Labute approximate surface area is 99.6 Å². The van der Waals surface area contributed by atoms with Crippen LogP contribution in [0.15, 0.2) is 0 Å². The van der Waals surface area contributed by atoms with Crippen molar-refractivity contribution in [3.05, 3.63) is 0 Å². The average molecular weight is 229 g/mol. The van der Waals surface area contributed by atoms with Gasteiger partial charge in [0.2, 0.25) is 0 Å². The number of hydrogen-bond donors (Lipinski definition) is 2. The lowest BCUT2D eigenvalue weighted by Gasteiger charge is -2.40. The van der Waals surface area contributed by atoms with Gasteiger partial charge in [-0.3, -0.25) is 0 Å². The Kier molecular flexibility index (Phi) is 5.22. The number of nitrogens with one attached hydrogen (secondary N) is 1. The van der Waals surface area contributed by atoms with Gasteiger partial charge in [0.1, 0.15) is 0 Å². The molecule has 3 nitrogen and oxygen atoms in total. The maximum absolute atomic E-state index is 9.58. The molecule has 0 bridgehead atoms. The van der Waals surface area contributed by atoms with Crippen LogP contribution in [0.4, 0.5) is 0 Å². The van der Waals surface area contributed by atoms with E-state index >= 15 is 0 Å². The summed E-state index contributed by atoms with van der Waals surface area (Å²) in [6, 6.07) is 0.541. The maximum atomic E-state index is 9.58. The zero-order valence-corrected chi connectivity index (χ0v) is 11.1. The monoisotopic (exact) mass is 229 g/mol. The van der Waals surface area contributed by atoms with Crippen molar-refractivity contribution in [2.45, 2.75) is 77.2 Å². The summed E-state index contributed by atoms with van der Waals surface area (Å²) in [6.45, 7) is 9.11. The van der Waals surface area contributed by atoms with Crippen LogP contribution in [-0.4, -0.2) is 35.5 Å². The molecule has 1 aliphatic carbocycles. The van der Waals surface area contributed by atoms with Crippen LogP contribution in [-0.2, 0) is 4.74 Å². The molecule has 1 fully saturated rings. The van der Waals surface area contributed by atoms with Crippen LogP contribution in [0, 0.1) is 0 Å². The molecule has 0 aromatic rings. The normalized spacial score (nSPS) is 27.6. The maximum Gasteiger partial charge on any atom is 0.0664 e. The SMILES string of the molecule is CCCC(O)CNC1CC(OC(C)(C)C)C1. The molecule has 0 radical (unpaired) electrons. The van der Waals surface area contributed by atoms with E-state index in [1.54, 1.807) is 0 Å². The summed E-state index contributed by atoms with van der Waals surface area (Å²) in [4.78, 5) is 0. The third-order valence-electron chi connectivity index (χ3n) is 2.88. The first kappa shape index (κ1) is 13.9. The van der Waals surface area contributed by atoms with Gasteiger partial charge in [-0.1, -0.05) is 13.3 Å². The van der Waals surface area contributed by atoms with E-state index in [1.807, 2.05) is 0 Å². The van der Waals surface area contributed by atoms with E-state index in [-0.39, 0.29) is 11.7 Å². The Balaban J connectivity index is 2.04. The molecule has 0 saturated heterocycles. The van der Waals surface area contributed by atoms with Gasteiger partial charge in [0, 0.05) is 12.6 Å². The minimum absolute atomic E-state index is 0.0304. The van der Waals surface area contributed by atoms with E-state index in [9.17, 15) is 5.11 Å². The van der Waals surface area contributed by atoms with Crippen molar-refractivity contribution >= 4 is 0 Å². The van der Waals surface area contributed by atoms with Crippen molar-refractivity contribution in [1.82, 2.24) is 5.32 Å². The fourth-order valence-corrected chi connectivity index (χ4v) is 2.07. The third-order valence-corrected chi connectivity index (χ3v) is 2.88.